The Kier molecular flexibility index (Phi) is 4.61. The summed E-state index contributed by atoms with van der Waals surface area (Å²) in [5.74, 6) is 0.849. The lowest BCUT2D eigenvalue weighted by Gasteiger charge is -2.25. The van der Waals surface area contributed by atoms with Gasteiger partial charge in [-0.2, -0.15) is 0 Å². The fraction of sp³-hybridized carbons (Fsp3) is 0.625. The standard InChI is InChI=1S/C16H25N/c1-3-13-8-7-11-15(12-13)16(17-4-2)14-9-5-6-10-14/h7-8,11-12,14,16-17H,3-6,9-10H2,1-2H3. The van der Waals surface area contributed by atoms with Gasteiger partial charge in [0.2, 0.25) is 0 Å². The van der Waals surface area contributed by atoms with Gasteiger partial charge >= 0.3 is 0 Å². The molecular formula is C16H25N. The highest BCUT2D eigenvalue weighted by Crippen LogP contribution is 2.35. The Morgan fingerprint density at radius 3 is 2.65 bits per heavy atom. The molecule has 1 unspecified atom stereocenters. The van der Waals surface area contributed by atoms with Crippen molar-refractivity contribution in [3.63, 3.8) is 0 Å². The van der Waals surface area contributed by atoms with E-state index in [1.165, 1.54) is 36.8 Å². The Balaban J connectivity index is 2.18. The molecule has 1 atom stereocenters. The summed E-state index contributed by atoms with van der Waals surface area (Å²) in [5, 5.41) is 3.69. The zero-order valence-corrected chi connectivity index (χ0v) is 11.2. The van der Waals surface area contributed by atoms with E-state index < -0.39 is 0 Å². The molecule has 17 heavy (non-hydrogen) atoms. The molecule has 0 heterocycles. The maximum atomic E-state index is 3.69. The number of benzene rings is 1. The summed E-state index contributed by atoms with van der Waals surface area (Å²) in [4.78, 5) is 0. The predicted octanol–water partition coefficient (Wildman–Crippen LogP) is 4.09. The molecule has 2 rings (SSSR count). The van der Waals surface area contributed by atoms with Gasteiger partial charge in [-0.1, -0.05) is 51.0 Å². The van der Waals surface area contributed by atoms with E-state index in [-0.39, 0.29) is 0 Å². The SMILES string of the molecule is CCNC(c1cccc(CC)c1)C1CCCC1. The summed E-state index contributed by atoms with van der Waals surface area (Å²) in [6.07, 6.45) is 6.76. The topological polar surface area (TPSA) is 12.0 Å². The monoisotopic (exact) mass is 231 g/mol. The van der Waals surface area contributed by atoms with Gasteiger partial charge < -0.3 is 5.32 Å². The van der Waals surface area contributed by atoms with E-state index in [4.69, 9.17) is 0 Å². The molecule has 1 aliphatic rings. The summed E-state index contributed by atoms with van der Waals surface area (Å²) in [6, 6.07) is 9.72. The number of rotatable bonds is 5. The highest BCUT2D eigenvalue weighted by molar-refractivity contribution is 5.26. The van der Waals surface area contributed by atoms with Gasteiger partial charge in [0.05, 0.1) is 0 Å². The van der Waals surface area contributed by atoms with E-state index in [2.05, 4.69) is 43.4 Å². The average molecular weight is 231 g/mol. The average Bonchev–Trinajstić information content (AvgIpc) is 2.89. The van der Waals surface area contributed by atoms with Gasteiger partial charge in [0.1, 0.15) is 0 Å². The molecule has 0 spiro atoms. The molecule has 0 bridgehead atoms. The molecule has 1 aromatic rings. The van der Waals surface area contributed by atoms with Crippen LogP contribution in [0.2, 0.25) is 0 Å². The number of hydrogen-bond donors (Lipinski definition) is 1. The van der Waals surface area contributed by atoms with Crippen LogP contribution in [0, 0.1) is 5.92 Å². The molecule has 1 aromatic carbocycles. The third-order valence-corrected chi connectivity index (χ3v) is 4.01. The number of nitrogens with one attached hydrogen (secondary N) is 1. The van der Waals surface area contributed by atoms with Crippen LogP contribution in [0.1, 0.15) is 56.7 Å². The number of hydrogen-bond acceptors (Lipinski definition) is 1. The minimum absolute atomic E-state index is 0.578. The van der Waals surface area contributed by atoms with Crippen molar-refractivity contribution in [1.82, 2.24) is 5.32 Å². The Labute approximate surface area is 106 Å². The van der Waals surface area contributed by atoms with Crippen molar-refractivity contribution in [2.45, 2.75) is 52.0 Å². The van der Waals surface area contributed by atoms with Crippen LogP contribution in [0.5, 0.6) is 0 Å². The first kappa shape index (κ1) is 12.6. The summed E-state index contributed by atoms with van der Waals surface area (Å²) < 4.78 is 0. The van der Waals surface area contributed by atoms with E-state index in [0.717, 1.165) is 18.9 Å². The van der Waals surface area contributed by atoms with Crippen LogP contribution in [0.4, 0.5) is 0 Å². The molecular weight excluding hydrogens is 206 g/mol. The van der Waals surface area contributed by atoms with Gasteiger partial charge in [0, 0.05) is 6.04 Å². The molecule has 0 aliphatic heterocycles. The minimum Gasteiger partial charge on any atom is -0.310 e. The Morgan fingerprint density at radius 2 is 2.00 bits per heavy atom. The van der Waals surface area contributed by atoms with Gasteiger partial charge in [-0.05, 0) is 42.9 Å². The summed E-state index contributed by atoms with van der Waals surface area (Å²) >= 11 is 0. The minimum atomic E-state index is 0.578. The Hall–Kier alpha value is -0.820. The zero-order chi connectivity index (χ0) is 12.1. The lowest BCUT2D eigenvalue weighted by atomic mass is 9.90. The first-order chi connectivity index (χ1) is 8.35. The maximum absolute atomic E-state index is 3.69. The van der Waals surface area contributed by atoms with Crippen molar-refractivity contribution >= 4 is 0 Å². The van der Waals surface area contributed by atoms with Crippen LogP contribution < -0.4 is 5.32 Å². The van der Waals surface area contributed by atoms with Gasteiger partial charge in [0.15, 0.2) is 0 Å². The molecule has 0 amide bonds. The van der Waals surface area contributed by atoms with Gasteiger partial charge in [-0.3, -0.25) is 0 Å². The van der Waals surface area contributed by atoms with Crippen LogP contribution in [0.15, 0.2) is 24.3 Å². The van der Waals surface area contributed by atoms with E-state index in [9.17, 15) is 0 Å². The van der Waals surface area contributed by atoms with Crippen molar-refractivity contribution in [3.8, 4) is 0 Å². The Bertz CT molecular complexity index is 339. The lowest BCUT2D eigenvalue weighted by Crippen LogP contribution is -2.27. The highest BCUT2D eigenvalue weighted by atomic mass is 14.9. The van der Waals surface area contributed by atoms with Crippen molar-refractivity contribution < 1.29 is 0 Å². The van der Waals surface area contributed by atoms with E-state index in [0.29, 0.717) is 6.04 Å². The van der Waals surface area contributed by atoms with Crippen molar-refractivity contribution in [2.24, 2.45) is 5.92 Å². The first-order valence-corrected chi connectivity index (χ1v) is 7.17. The molecule has 1 nitrogen and oxygen atoms in total. The number of aryl methyl sites for hydroxylation is 1. The van der Waals surface area contributed by atoms with Crippen LogP contribution in [0.3, 0.4) is 0 Å². The summed E-state index contributed by atoms with van der Waals surface area (Å²) in [5.41, 5.74) is 2.96. The molecule has 1 fully saturated rings. The second-order valence-electron chi connectivity index (χ2n) is 5.18. The second kappa shape index (κ2) is 6.20. The van der Waals surface area contributed by atoms with Gasteiger partial charge in [-0.15, -0.1) is 0 Å². The normalized spacial score (nSPS) is 18.5. The smallest absolute Gasteiger partial charge is 0.0348 e. The lowest BCUT2D eigenvalue weighted by molar-refractivity contribution is 0.374. The molecule has 1 saturated carbocycles. The van der Waals surface area contributed by atoms with Crippen molar-refractivity contribution in [1.29, 1.82) is 0 Å². The van der Waals surface area contributed by atoms with Crippen LogP contribution in [-0.4, -0.2) is 6.54 Å². The first-order valence-electron chi connectivity index (χ1n) is 7.17. The second-order valence-corrected chi connectivity index (χ2v) is 5.18. The highest BCUT2D eigenvalue weighted by Gasteiger charge is 2.25. The van der Waals surface area contributed by atoms with Crippen LogP contribution >= 0.6 is 0 Å². The molecule has 1 N–H and O–H groups in total. The van der Waals surface area contributed by atoms with Gasteiger partial charge in [-0.25, -0.2) is 0 Å². The van der Waals surface area contributed by atoms with E-state index in [1.54, 1.807) is 0 Å². The van der Waals surface area contributed by atoms with Crippen molar-refractivity contribution in [2.75, 3.05) is 6.54 Å². The summed E-state index contributed by atoms with van der Waals surface area (Å²) in [6.45, 7) is 5.51. The zero-order valence-electron chi connectivity index (χ0n) is 11.2. The molecule has 1 aliphatic carbocycles. The van der Waals surface area contributed by atoms with Crippen molar-refractivity contribution in [3.05, 3.63) is 35.4 Å². The van der Waals surface area contributed by atoms with Gasteiger partial charge in [0.25, 0.3) is 0 Å². The molecule has 0 aromatic heterocycles. The summed E-state index contributed by atoms with van der Waals surface area (Å²) in [7, 11) is 0. The fourth-order valence-electron chi connectivity index (χ4n) is 3.07. The quantitative estimate of drug-likeness (QED) is 0.805. The molecule has 94 valence electrons. The van der Waals surface area contributed by atoms with Crippen LogP contribution in [-0.2, 0) is 6.42 Å². The fourth-order valence-corrected chi connectivity index (χ4v) is 3.07. The van der Waals surface area contributed by atoms with E-state index >= 15 is 0 Å². The Morgan fingerprint density at radius 1 is 1.24 bits per heavy atom. The molecule has 1 heteroatoms. The maximum Gasteiger partial charge on any atom is 0.0348 e. The molecule has 0 radical (unpaired) electrons. The van der Waals surface area contributed by atoms with Crippen LogP contribution in [0.25, 0.3) is 0 Å². The predicted molar refractivity (Wildman–Crippen MR) is 74.2 cm³/mol. The largest absolute Gasteiger partial charge is 0.310 e. The van der Waals surface area contributed by atoms with E-state index in [1.807, 2.05) is 0 Å². The molecule has 0 saturated heterocycles. The third-order valence-electron chi connectivity index (χ3n) is 4.01. The third kappa shape index (κ3) is 3.10.